The van der Waals surface area contributed by atoms with Gasteiger partial charge in [0.1, 0.15) is 12.3 Å². The van der Waals surface area contributed by atoms with Crippen LogP contribution in [0, 0.1) is 5.41 Å². The average molecular weight is 260 g/mol. The minimum absolute atomic E-state index is 0.0538. The third-order valence-corrected chi connectivity index (χ3v) is 2.81. The van der Waals surface area contributed by atoms with Gasteiger partial charge in [0.05, 0.1) is 20.3 Å². The van der Waals surface area contributed by atoms with Gasteiger partial charge in [0.25, 0.3) is 0 Å². The Hall–Kier alpha value is -0.850. The molecule has 0 aromatic rings. The van der Waals surface area contributed by atoms with Crippen LogP contribution in [-0.2, 0) is 14.3 Å². The van der Waals surface area contributed by atoms with Gasteiger partial charge in [-0.2, -0.15) is 5.48 Å². The summed E-state index contributed by atoms with van der Waals surface area (Å²) in [5, 5.41) is 2.77. The number of carbonyl (C=O) groups excluding carboxylic acids is 1. The number of hydrogen-bond acceptors (Lipinski definition) is 5. The number of ether oxygens (including phenoxy) is 2. The van der Waals surface area contributed by atoms with Crippen molar-refractivity contribution >= 4 is 6.09 Å². The summed E-state index contributed by atoms with van der Waals surface area (Å²) in [6, 6.07) is 0. The van der Waals surface area contributed by atoms with E-state index >= 15 is 0 Å². The van der Waals surface area contributed by atoms with Crippen molar-refractivity contribution in [1.29, 1.82) is 0 Å². The van der Waals surface area contributed by atoms with E-state index < -0.39 is 6.09 Å². The molecule has 1 rings (SSSR count). The van der Waals surface area contributed by atoms with Gasteiger partial charge in [-0.1, -0.05) is 20.8 Å². The molecule has 1 aliphatic heterocycles. The van der Waals surface area contributed by atoms with Crippen LogP contribution in [0.4, 0.5) is 4.79 Å². The Kier molecular flexibility index (Phi) is 5.84. The van der Waals surface area contributed by atoms with Gasteiger partial charge < -0.3 is 19.6 Å². The molecule has 1 atom stereocenters. The van der Waals surface area contributed by atoms with E-state index in [-0.39, 0.29) is 17.7 Å². The highest BCUT2D eigenvalue weighted by atomic mass is 16.6. The van der Waals surface area contributed by atoms with Gasteiger partial charge in [-0.05, 0) is 5.41 Å². The van der Waals surface area contributed by atoms with Gasteiger partial charge in [-0.15, -0.1) is 0 Å². The van der Waals surface area contributed by atoms with Crippen molar-refractivity contribution in [2.45, 2.75) is 45.9 Å². The predicted octanol–water partition coefficient (Wildman–Crippen LogP) is 1.41. The van der Waals surface area contributed by atoms with E-state index in [1.165, 1.54) is 7.11 Å². The molecule has 1 amide bonds. The van der Waals surface area contributed by atoms with Crippen molar-refractivity contribution < 1.29 is 19.1 Å². The zero-order valence-electron chi connectivity index (χ0n) is 11.6. The number of carbonyl (C=O) groups is 1. The van der Waals surface area contributed by atoms with Gasteiger partial charge >= 0.3 is 6.09 Å². The lowest BCUT2D eigenvalue weighted by Crippen LogP contribution is -2.53. The number of amides is 1. The lowest BCUT2D eigenvalue weighted by molar-refractivity contribution is -0.0148. The standard InChI is InChI=1S/C12H24N2O4/c1-12(2,3)10(14-16-4)13-11(15)18-9-5-7-17-8-6-9/h9-10,14H,5-8H2,1-4H3,(H,13,15). The molecule has 2 N–H and O–H groups in total. The molecule has 0 radical (unpaired) electrons. The van der Waals surface area contributed by atoms with E-state index in [0.717, 1.165) is 12.8 Å². The van der Waals surface area contributed by atoms with Crippen LogP contribution < -0.4 is 10.8 Å². The Morgan fingerprint density at radius 1 is 1.33 bits per heavy atom. The second kappa shape index (κ2) is 6.92. The van der Waals surface area contributed by atoms with Gasteiger partial charge in [-0.25, -0.2) is 4.79 Å². The minimum Gasteiger partial charge on any atom is -0.446 e. The van der Waals surface area contributed by atoms with Crippen LogP contribution in [0.1, 0.15) is 33.6 Å². The largest absolute Gasteiger partial charge is 0.446 e. The van der Waals surface area contributed by atoms with E-state index in [9.17, 15) is 4.79 Å². The van der Waals surface area contributed by atoms with Crippen molar-refractivity contribution in [3.63, 3.8) is 0 Å². The molecular weight excluding hydrogens is 236 g/mol. The van der Waals surface area contributed by atoms with Gasteiger partial charge in [-0.3, -0.25) is 0 Å². The molecule has 6 heteroatoms. The molecule has 1 fully saturated rings. The van der Waals surface area contributed by atoms with E-state index in [0.29, 0.717) is 13.2 Å². The average Bonchev–Trinajstić information content (AvgIpc) is 2.28. The Balaban J connectivity index is 2.40. The van der Waals surface area contributed by atoms with Crippen molar-refractivity contribution in [1.82, 2.24) is 10.8 Å². The first kappa shape index (κ1) is 15.2. The number of hydrogen-bond donors (Lipinski definition) is 2. The first-order valence-electron chi connectivity index (χ1n) is 6.27. The monoisotopic (exact) mass is 260 g/mol. The van der Waals surface area contributed by atoms with Crippen LogP contribution in [0.25, 0.3) is 0 Å². The Morgan fingerprint density at radius 3 is 2.44 bits per heavy atom. The fourth-order valence-corrected chi connectivity index (χ4v) is 1.64. The molecule has 0 spiro atoms. The highest BCUT2D eigenvalue weighted by molar-refractivity contribution is 5.67. The zero-order chi connectivity index (χ0) is 13.6. The van der Waals surface area contributed by atoms with Crippen molar-refractivity contribution in [3.8, 4) is 0 Å². The molecule has 0 bridgehead atoms. The molecule has 1 heterocycles. The van der Waals surface area contributed by atoms with Gasteiger partial charge in [0.15, 0.2) is 0 Å². The van der Waals surface area contributed by atoms with Crippen LogP contribution in [0.2, 0.25) is 0 Å². The Bertz CT molecular complexity index is 259. The molecule has 6 nitrogen and oxygen atoms in total. The van der Waals surface area contributed by atoms with Crippen LogP contribution in [-0.4, -0.2) is 38.7 Å². The molecule has 0 aromatic heterocycles. The summed E-state index contributed by atoms with van der Waals surface area (Å²) < 4.78 is 10.5. The summed E-state index contributed by atoms with van der Waals surface area (Å²) in [6.45, 7) is 7.29. The predicted molar refractivity (Wildman–Crippen MR) is 66.8 cm³/mol. The SMILES string of the molecule is CONC(NC(=O)OC1CCOCC1)C(C)(C)C. The van der Waals surface area contributed by atoms with E-state index in [1.54, 1.807) is 0 Å². The second-order valence-electron chi connectivity index (χ2n) is 5.48. The van der Waals surface area contributed by atoms with Crippen LogP contribution in [0.3, 0.4) is 0 Å². The maximum Gasteiger partial charge on any atom is 0.408 e. The topological polar surface area (TPSA) is 68.8 Å². The second-order valence-corrected chi connectivity index (χ2v) is 5.48. The molecule has 1 saturated heterocycles. The molecular formula is C12H24N2O4. The smallest absolute Gasteiger partial charge is 0.408 e. The van der Waals surface area contributed by atoms with Crippen molar-refractivity contribution in [2.24, 2.45) is 5.41 Å². The van der Waals surface area contributed by atoms with Crippen LogP contribution >= 0.6 is 0 Å². The highest BCUT2D eigenvalue weighted by Crippen LogP contribution is 2.18. The Morgan fingerprint density at radius 2 is 1.94 bits per heavy atom. The maximum atomic E-state index is 11.8. The molecule has 0 saturated carbocycles. The number of hydroxylamine groups is 1. The van der Waals surface area contributed by atoms with Crippen molar-refractivity contribution in [3.05, 3.63) is 0 Å². The molecule has 18 heavy (non-hydrogen) atoms. The number of alkyl carbamates (subject to hydrolysis) is 1. The zero-order valence-corrected chi connectivity index (χ0v) is 11.6. The first-order valence-corrected chi connectivity index (χ1v) is 6.27. The van der Waals surface area contributed by atoms with E-state index in [1.807, 2.05) is 20.8 Å². The van der Waals surface area contributed by atoms with Gasteiger partial charge in [0.2, 0.25) is 0 Å². The van der Waals surface area contributed by atoms with Gasteiger partial charge in [0, 0.05) is 12.8 Å². The van der Waals surface area contributed by atoms with Crippen LogP contribution in [0.5, 0.6) is 0 Å². The third kappa shape index (κ3) is 5.20. The normalized spacial score (nSPS) is 19.3. The summed E-state index contributed by atoms with van der Waals surface area (Å²) in [5.41, 5.74) is 2.58. The van der Waals surface area contributed by atoms with Crippen LogP contribution in [0.15, 0.2) is 0 Å². The maximum absolute atomic E-state index is 11.8. The summed E-state index contributed by atoms with van der Waals surface area (Å²) in [7, 11) is 1.52. The number of rotatable bonds is 4. The molecule has 1 unspecified atom stereocenters. The highest BCUT2D eigenvalue weighted by Gasteiger charge is 2.28. The third-order valence-electron chi connectivity index (χ3n) is 2.81. The summed E-state index contributed by atoms with van der Waals surface area (Å²) in [5.74, 6) is 0. The number of nitrogens with one attached hydrogen (secondary N) is 2. The first-order chi connectivity index (χ1) is 8.43. The van der Waals surface area contributed by atoms with Crippen molar-refractivity contribution in [2.75, 3.05) is 20.3 Å². The molecule has 106 valence electrons. The quantitative estimate of drug-likeness (QED) is 0.591. The molecule has 1 aliphatic rings. The molecule has 0 aromatic carbocycles. The lowest BCUT2D eigenvalue weighted by Gasteiger charge is -2.31. The summed E-state index contributed by atoms with van der Waals surface area (Å²) in [4.78, 5) is 16.7. The lowest BCUT2D eigenvalue weighted by atomic mass is 9.93. The summed E-state index contributed by atoms with van der Waals surface area (Å²) >= 11 is 0. The molecule has 0 aliphatic carbocycles. The summed E-state index contributed by atoms with van der Waals surface area (Å²) in [6.07, 6.45) is 0.722. The fourth-order valence-electron chi connectivity index (χ4n) is 1.64. The van der Waals surface area contributed by atoms with E-state index in [2.05, 4.69) is 10.8 Å². The fraction of sp³-hybridized carbons (Fsp3) is 0.917. The minimum atomic E-state index is -0.425. The van der Waals surface area contributed by atoms with E-state index in [4.69, 9.17) is 14.3 Å². The Labute approximate surface area is 108 Å².